The topological polar surface area (TPSA) is 135 Å². The molecule has 8 nitrogen and oxygen atoms in total. The average molecular weight is 297 g/mol. The molecular weight excluding hydrogens is 278 g/mol. The Morgan fingerprint density at radius 2 is 1.86 bits per heavy atom. The van der Waals surface area contributed by atoms with Gasteiger partial charge in [-0.25, -0.2) is 9.59 Å². The molecule has 8 heteroatoms. The van der Waals surface area contributed by atoms with Crippen LogP contribution in [0.1, 0.15) is 47.3 Å². The number of amides is 3. The highest BCUT2D eigenvalue weighted by Crippen LogP contribution is 2.25. The van der Waals surface area contributed by atoms with Crippen LogP contribution in [0.15, 0.2) is 0 Å². The van der Waals surface area contributed by atoms with Crippen molar-refractivity contribution in [1.29, 1.82) is 0 Å². The number of aryl methyl sites for hydroxylation is 1. The minimum atomic E-state index is -1.18. The number of urea groups is 1. The number of aliphatic hydroxyl groups excluding tert-OH is 1. The molecule has 21 heavy (non-hydrogen) atoms. The quantitative estimate of drug-likeness (QED) is 0.597. The van der Waals surface area contributed by atoms with Gasteiger partial charge in [-0.1, -0.05) is 0 Å². The number of aromatic nitrogens is 1. The van der Waals surface area contributed by atoms with Gasteiger partial charge >= 0.3 is 12.0 Å². The van der Waals surface area contributed by atoms with E-state index in [1.165, 1.54) is 6.92 Å². The van der Waals surface area contributed by atoms with Gasteiger partial charge in [-0.15, -0.1) is 0 Å². The monoisotopic (exact) mass is 297 g/mol. The zero-order chi connectivity index (χ0) is 16.3. The molecule has 0 saturated heterocycles. The Balaban J connectivity index is 2.88. The molecule has 0 aliphatic rings. The lowest BCUT2D eigenvalue weighted by Gasteiger charge is -2.12. The van der Waals surface area contributed by atoms with Crippen LogP contribution >= 0.6 is 0 Å². The number of hydrogen-bond donors (Lipinski definition) is 4. The number of esters is 1. The van der Waals surface area contributed by atoms with E-state index in [1.807, 2.05) is 5.32 Å². The van der Waals surface area contributed by atoms with Crippen LogP contribution in [0.5, 0.6) is 0 Å². The van der Waals surface area contributed by atoms with Gasteiger partial charge in [-0.2, -0.15) is 0 Å². The summed E-state index contributed by atoms with van der Waals surface area (Å²) in [5.41, 5.74) is 6.76. The van der Waals surface area contributed by atoms with Crippen molar-refractivity contribution in [3.63, 3.8) is 0 Å². The normalized spacial score (nSPS) is 13.4. The molecule has 0 unspecified atom stereocenters. The van der Waals surface area contributed by atoms with Gasteiger partial charge in [0.25, 0.3) is 5.91 Å². The molecule has 0 aliphatic heterocycles. The molecule has 1 aromatic heterocycles. The molecule has 0 aliphatic carbocycles. The van der Waals surface area contributed by atoms with Gasteiger partial charge in [-0.05, 0) is 33.3 Å². The van der Waals surface area contributed by atoms with Crippen molar-refractivity contribution in [1.82, 2.24) is 10.3 Å². The van der Waals surface area contributed by atoms with Gasteiger partial charge in [0, 0.05) is 11.3 Å². The Bertz CT molecular complexity index is 577. The summed E-state index contributed by atoms with van der Waals surface area (Å²) in [5, 5.41) is 11.5. The molecular formula is C13H19N3O5. The number of carbonyl (C=O) groups is 3. The van der Waals surface area contributed by atoms with Crippen molar-refractivity contribution in [2.75, 3.05) is 0 Å². The third-order valence-electron chi connectivity index (χ3n) is 3.02. The van der Waals surface area contributed by atoms with Crippen molar-refractivity contribution < 1.29 is 24.2 Å². The second-order valence-electron chi connectivity index (χ2n) is 4.74. The van der Waals surface area contributed by atoms with Crippen molar-refractivity contribution in [2.24, 2.45) is 5.73 Å². The zero-order valence-electron chi connectivity index (χ0n) is 12.3. The number of aliphatic hydroxyl groups is 1. The van der Waals surface area contributed by atoms with Crippen LogP contribution in [0.3, 0.4) is 0 Å². The number of primary amides is 1. The fourth-order valence-electron chi connectivity index (χ4n) is 2.09. The molecule has 0 fully saturated rings. The van der Waals surface area contributed by atoms with E-state index in [0.717, 1.165) is 0 Å². The zero-order valence-corrected chi connectivity index (χ0v) is 12.3. The van der Waals surface area contributed by atoms with Crippen molar-refractivity contribution in [2.45, 2.75) is 39.9 Å². The first-order chi connectivity index (χ1) is 9.65. The largest absolute Gasteiger partial charge is 0.448 e. The van der Waals surface area contributed by atoms with Crippen LogP contribution in [0.25, 0.3) is 0 Å². The summed E-state index contributed by atoms with van der Waals surface area (Å²) in [6.45, 7) is 6.28. The van der Waals surface area contributed by atoms with Gasteiger partial charge in [0.05, 0.1) is 6.10 Å². The van der Waals surface area contributed by atoms with E-state index in [0.29, 0.717) is 16.8 Å². The number of imide groups is 1. The highest BCUT2D eigenvalue weighted by molar-refractivity contribution is 5.98. The molecule has 2 atom stereocenters. The minimum Gasteiger partial charge on any atom is -0.448 e. The summed E-state index contributed by atoms with van der Waals surface area (Å²) >= 11 is 0. The first-order valence-electron chi connectivity index (χ1n) is 6.33. The van der Waals surface area contributed by atoms with E-state index < -0.39 is 30.1 Å². The van der Waals surface area contributed by atoms with E-state index in [2.05, 4.69) is 4.98 Å². The number of ether oxygens (including phenoxy) is 1. The summed E-state index contributed by atoms with van der Waals surface area (Å²) in [6, 6.07) is -1.02. The number of rotatable bonds is 4. The van der Waals surface area contributed by atoms with Gasteiger partial charge in [-0.3, -0.25) is 10.1 Å². The number of hydrogen-bond acceptors (Lipinski definition) is 5. The Labute approximate surface area is 121 Å². The Morgan fingerprint density at radius 1 is 1.29 bits per heavy atom. The van der Waals surface area contributed by atoms with E-state index in [9.17, 15) is 19.5 Å². The van der Waals surface area contributed by atoms with E-state index in [-0.39, 0.29) is 5.69 Å². The molecule has 0 saturated carbocycles. The molecule has 1 rings (SSSR count). The van der Waals surface area contributed by atoms with Gasteiger partial charge in [0.15, 0.2) is 6.10 Å². The third kappa shape index (κ3) is 3.82. The van der Waals surface area contributed by atoms with Gasteiger partial charge in [0.1, 0.15) is 5.69 Å². The number of carbonyl (C=O) groups excluding carboxylic acids is 3. The van der Waals surface area contributed by atoms with Crippen molar-refractivity contribution in [3.05, 3.63) is 22.5 Å². The second kappa shape index (κ2) is 6.40. The highest BCUT2D eigenvalue weighted by Gasteiger charge is 2.25. The average Bonchev–Trinajstić information content (AvgIpc) is 2.63. The first kappa shape index (κ1) is 16.7. The molecule has 0 radical (unpaired) electrons. The Kier molecular flexibility index (Phi) is 5.09. The van der Waals surface area contributed by atoms with Crippen LogP contribution in [0.2, 0.25) is 0 Å². The van der Waals surface area contributed by atoms with E-state index in [1.54, 1.807) is 20.8 Å². The molecule has 0 bridgehead atoms. The fraction of sp³-hybridized carbons (Fsp3) is 0.462. The number of aromatic amines is 1. The van der Waals surface area contributed by atoms with Crippen LogP contribution < -0.4 is 11.1 Å². The molecule has 3 amide bonds. The van der Waals surface area contributed by atoms with Gasteiger partial charge < -0.3 is 20.6 Å². The summed E-state index contributed by atoms with van der Waals surface area (Å²) in [6.07, 6.45) is -1.92. The highest BCUT2D eigenvalue weighted by atomic mass is 16.5. The summed E-state index contributed by atoms with van der Waals surface area (Å²) in [7, 11) is 0. The first-order valence-corrected chi connectivity index (χ1v) is 6.33. The van der Waals surface area contributed by atoms with Crippen molar-refractivity contribution in [3.8, 4) is 0 Å². The standard InChI is InChI=1S/C13H19N3O5/c1-5-9(7(3)17)6(2)15-10(5)12(19)21-8(4)11(18)16-13(14)20/h7-8,15,17H,1-4H3,(H3,14,16,18,20)/t7-,8-/m0/s1. The lowest BCUT2D eigenvalue weighted by atomic mass is 10.1. The molecule has 116 valence electrons. The molecule has 1 heterocycles. The molecule has 0 spiro atoms. The van der Waals surface area contributed by atoms with Crippen LogP contribution in [-0.4, -0.2) is 34.1 Å². The lowest BCUT2D eigenvalue weighted by Crippen LogP contribution is -2.42. The number of nitrogens with one attached hydrogen (secondary N) is 2. The summed E-state index contributed by atoms with van der Waals surface area (Å²) in [4.78, 5) is 36.9. The SMILES string of the molecule is Cc1[nH]c(C(=O)O[C@@H](C)C(=O)NC(N)=O)c(C)c1[C@H](C)O. The van der Waals surface area contributed by atoms with Gasteiger partial charge in [0.2, 0.25) is 0 Å². The van der Waals surface area contributed by atoms with E-state index >= 15 is 0 Å². The lowest BCUT2D eigenvalue weighted by molar-refractivity contribution is -0.127. The molecule has 5 N–H and O–H groups in total. The maximum absolute atomic E-state index is 12.0. The fourth-order valence-corrected chi connectivity index (χ4v) is 2.09. The number of H-pyrrole nitrogens is 1. The summed E-state index contributed by atoms with van der Waals surface area (Å²) < 4.78 is 4.96. The second-order valence-corrected chi connectivity index (χ2v) is 4.74. The van der Waals surface area contributed by atoms with Crippen LogP contribution in [0.4, 0.5) is 4.79 Å². The smallest absolute Gasteiger partial charge is 0.355 e. The maximum atomic E-state index is 12.0. The predicted molar refractivity (Wildman–Crippen MR) is 73.5 cm³/mol. The predicted octanol–water partition coefficient (Wildman–Crippen LogP) is 0.425. The van der Waals surface area contributed by atoms with E-state index in [4.69, 9.17) is 10.5 Å². The Hall–Kier alpha value is -2.35. The third-order valence-corrected chi connectivity index (χ3v) is 3.02. The van der Waals surface area contributed by atoms with Crippen LogP contribution in [-0.2, 0) is 9.53 Å². The Morgan fingerprint density at radius 3 is 2.29 bits per heavy atom. The number of nitrogens with two attached hydrogens (primary N) is 1. The van der Waals surface area contributed by atoms with Crippen LogP contribution in [0, 0.1) is 13.8 Å². The minimum absolute atomic E-state index is 0.155. The summed E-state index contributed by atoms with van der Waals surface area (Å²) in [5.74, 6) is -1.57. The van der Waals surface area contributed by atoms with Crippen molar-refractivity contribution >= 4 is 17.9 Å². The molecule has 1 aromatic rings. The maximum Gasteiger partial charge on any atom is 0.355 e. The molecule has 0 aromatic carbocycles.